The van der Waals surface area contributed by atoms with Gasteiger partial charge in [-0.2, -0.15) is 21.6 Å². The van der Waals surface area contributed by atoms with Crippen LogP contribution in [-0.4, -0.2) is 149 Å². The molecule has 4 unspecified atom stereocenters. The number of nitrogens with zero attached hydrogens (tertiary/aromatic N) is 6. The number of amides is 1. The highest BCUT2D eigenvalue weighted by atomic mass is 32.2. The Morgan fingerprint density at radius 1 is 0.872 bits per heavy atom. The molecule has 4 aliphatic heterocycles. The molecule has 0 spiro atoms. The first-order valence-electron chi connectivity index (χ1n) is 30.0. The van der Waals surface area contributed by atoms with Crippen LogP contribution in [0.1, 0.15) is 114 Å². The predicted octanol–water partition coefficient (Wildman–Crippen LogP) is 8.13. The number of nitrogen functional groups attached to an aromatic ring is 1. The van der Waals surface area contributed by atoms with E-state index >= 15 is 0 Å². The molecule has 4 aliphatic rings. The summed E-state index contributed by atoms with van der Waals surface area (Å²) in [6.07, 6.45) is 11.4. The van der Waals surface area contributed by atoms with E-state index in [-0.39, 0.29) is 78.5 Å². The van der Waals surface area contributed by atoms with Crippen molar-refractivity contribution in [1.29, 1.82) is 0 Å². The molecule has 1 saturated heterocycles. The van der Waals surface area contributed by atoms with Crippen LogP contribution in [0.25, 0.3) is 28.1 Å². The van der Waals surface area contributed by atoms with Crippen LogP contribution in [0.4, 0.5) is 17.2 Å². The van der Waals surface area contributed by atoms with Crippen LogP contribution in [0.15, 0.2) is 121 Å². The third-order valence-electron chi connectivity index (χ3n) is 16.3. The van der Waals surface area contributed by atoms with Crippen molar-refractivity contribution >= 4 is 101 Å². The first-order chi connectivity index (χ1) is 44.2. The smallest absolute Gasteiger partial charge is 0.490 e. The number of ether oxygens (including phenoxy) is 2. The van der Waals surface area contributed by atoms with Crippen LogP contribution in [0.2, 0.25) is 0 Å². The van der Waals surface area contributed by atoms with Crippen LogP contribution in [-0.2, 0) is 66.5 Å². The standard InChI is InChI=1S/C60H75N8O21P3S2/c1-6-68-47-34-49-44(33-43(47)39(2)35-59(68,3)4)41(31-48(86-49)40-19-11-9-12-20-40)21-13-10-14-22-51-60(5,45-32-42(94(81,82)83)24-25-46(45)66(51)28-18-30-93(78,79)80)26-17-23-52(69)62-27-15-7-8-16-29-84-90(72,73)88-92(76,77)89-91(74,75)85-36-50-54(70)55(71)58(87-50)67-38-65-53-56(61)63-37-64-57(53)67/h9-14,19-22,24-25,31-35,37-38,50,54-55,58,70-71H,6-8,15-18,23,26-30,36H2,1-5H3,(H7-,61,62,63,64,69,72,73,74,75,76,77,78,79,80,81,82,83)/t50-,54-,55-,58-,60?/m1/s1. The van der Waals surface area contributed by atoms with Crippen molar-refractivity contribution in [1.82, 2.24) is 24.8 Å². The molecule has 1 amide bonds. The number of aliphatic hydroxyl groups is 2. The summed E-state index contributed by atoms with van der Waals surface area (Å²) in [4.78, 5) is 57.5. The Bertz CT molecular complexity index is 4280. The number of rotatable bonds is 30. The zero-order chi connectivity index (χ0) is 68.2. The van der Waals surface area contributed by atoms with Crippen molar-refractivity contribution in [3.8, 4) is 5.75 Å². The SMILES string of the molecule is CCN1c2cc3c(cc2C(C)=CC1(C)C)C(=CC=CC=CC1=[N+](CCCS(=O)(=O)[O-])c2ccc(S(=O)(=O)O)cc2C1(C)CCCC(=O)NCCCCCCOP(=O)(O)OP(=O)(O)OP(=O)(O)OC[C@H]1O[C@@H](n2cnc4c(N)ncnc42)[C@H](O)[C@@H]1O)C=C(c1ccccc1)O3. The van der Waals surface area contributed by atoms with Gasteiger partial charge in [-0.25, -0.2) is 37.1 Å². The Balaban J connectivity index is 0.788. The fourth-order valence-corrected chi connectivity index (χ4v) is 16.6. The number of carbonyl (C=O) groups is 1. The van der Waals surface area contributed by atoms with E-state index < -0.39 is 92.6 Å². The lowest BCUT2D eigenvalue weighted by Crippen LogP contribution is -2.44. The fourth-order valence-electron chi connectivity index (χ4n) is 12.0. The van der Waals surface area contributed by atoms with Crippen LogP contribution in [0.3, 0.4) is 0 Å². The quantitative estimate of drug-likeness (QED) is 0.00706. The number of hydrogen-bond donors (Lipinski definition) is 8. The van der Waals surface area contributed by atoms with Crippen molar-refractivity contribution in [3.63, 3.8) is 0 Å². The summed E-state index contributed by atoms with van der Waals surface area (Å²) in [6.45, 7) is 10.00. The Kier molecular flexibility index (Phi) is 22.2. The Hall–Kier alpha value is -6.44. The largest absolute Gasteiger partial charge is 0.748 e. The molecule has 6 heterocycles. The molecule has 0 aliphatic carbocycles. The molecule has 29 nitrogen and oxygen atoms in total. The maximum Gasteiger partial charge on any atom is 0.490 e. The molecule has 9 rings (SSSR count). The maximum absolute atomic E-state index is 13.3. The number of carbonyl (C=O) groups excluding carboxylic acids is 1. The first kappa shape index (κ1) is 71.8. The average molecular weight is 1400 g/mol. The maximum atomic E-state index is 13.3. The number of aromatic nitrogens is 4. The Morgan fingerprint density at radius 3 is 2.31 bits per heavy atom. The highest BCUT2D eigenvalue weighted by Gasteiger charge is 2.49. The van der Waals surface area contributed by atoms with Crippen LogP contribution in [0.5, 0.6) is 5.75 Å². The number of imidazole rings is 1. The van der Waals surface area contributed by atoms with Gasteiger partial charge in [-0.3, -0.25) is 23.0 Å². The number of likely N-dealkylation sites (N-methyl/N-ethyl adjacent to an activating group) is 1. The minimum absolute atomic E-state index is 0.0128. The number of phosphoric ester groups is 2. The summed E-state index contributed by atoms with van der Waals surface area (Å²) in [5, 5.41) is 24.1. The van der Waals surface area contributed by atoms with Crippen molar-refractivity contribution in [2.75, 3.05) is 49.2 Å². The van der Waals surface area contributed by atoms with E-state index in [1.807, 2.05) is 72.2 Å². The third kappa shape index (κ3) is 17.2. The molecule has 9 N–H and O–H groups in total. The van der Waals surface area contributed by atoms with Gasteiger partial charge in [-0.05, 0) is 95.7 Å². The topological polar surface area (TPSA) is 424 Å². The van der Waals surface area contributed by atoms with Gasteiger partial charge in [-0.1, -0.05) is 73.6 Å². The molecule has 2 aromatic heterocycles. The highest BCUT2D eigenvalue weighted by molar-refractivity contribution is 7.86. The molecule has 0 saturated carbocycles. The second kappa shape index (κ2) is 29.1. The van der Waals surface area contributed by atoms with Gasteiger partial charge < -0.3 is 54.9 Å². The van der Waals surface area contributed by atoms with Gasteiger partial charge in [0.25, 0.3) is 10.1 Å². The average Bonchev–Trinajstić information content (AvgIpc) is 1.42. The zero-order valence-electron chi connectivity index (χ0n) is 51.9. The summed E-state index contributed by atoms with van der Waals surface area (Å²) < 4.78 is 142. The number of benzene rings is 3. The minimum atomic E-state index is -5.86. The summed E-state index contributed by atoms with van der Waals surface area (Å²) in [5.74, 6) is 0.385. The molecule has 94 heavy (non-hydrogen) atoms. The molecular weight excluding hydrogens is 1330 g/mol. The van der Waals surface area contributed by atoms with Crippen molar-refractivity contribution in [3.05, 3.63) is 138 Å². The van der Waals surface area contributed by atoms with E-state index in [4.69, 9.17) is 19.7 Å². The number of nitrogens with two attached hydrogens (primary N) is 1. The number of nitrogens with one attached hydrogen (secondary N) is 1. The molecule has 1 fully saturated rings. The molecule has 34 heteroatoms. The number of phosphoric acid groups is 3. The van der Waals surface area contributed by atoms with Crippen LogP contribution in [0, 0.1) is 0 Å². The van der Waals surface area contributed by atoms with Crippen LogP contribution < -0.4 is 20.7 Å². The number of hydrogen-bond acceptors (Lipinski definition) is 22. The normalized spacial score (nSPS) is 22.8. The van der Waals surface area contributed by atoms with Gasteiger partial charge in [0, 0.05) is 77.8 Å². The monoisotopic (exact) mass is 1400 g/mol. The van der Waals surface area contributed by atoms with Gasteiger partial charge in [0.15, 0.2) is 23.4 Å². The van der Waals surface area contributed by atoms with Gasteiger partial charge in [-0.15, -0.1) is 0 Å². The van der Waals surface area contributed by atoms with E-state index in [2.05, 4.69) is 84.2 Å². The molecule has 0 bridgehead atoms. The molecule has 3 aromatic carbocycles. The van der Waals surface area contributed by atoms with E-state index in [1.54, 1.807) is 6.08 Å². The molecule has 5 aromatic rings. The summed E-state index contributed by atoms with van der Waals surface area (Å²) in [6, 6.07) is 18.1. The minimum Gasteiger partial charge on any atom is -0.748 e. The van der Waals surface area contributed by atoms with E-state index in [9.17, 15) is 69.3 Å². The molecule has 508 valence electrons. The molecule has 0 radical (unpaired) electrons. The van der Waals surface area contributed by atoms with Gasteiger partial charge in [0.2, 0.25) is 11.6 Å². The summed E-state index contributed by atoms with van der Waals surface area (Å²) in [7, 11) is -26.2. The Labute approximate surface area is 543 Å². The van der Waals surface area contributed by atoms with Gasteiger partial charge in [0.05, 0.1) is 45.5 Å². The first-order valence-corrected chi connectivity index (χ1v) is 37.5. The lowest BCUT2D eigenvalue weighted by molar-refractivity contribution is -0.437. The van der Waals surface area contributed by atoms with E-state index in [0.29, 0.717) is 47.7 Å². The number of unbranched alkanes of at least 4 members (excludes halogenated alkanes) is 3. The number of allylic oxidation sites excluding steroid dienone is 8. The molecular formula is C60H75N8O21P3S2. The van der Waals surface area contributed by atoms with E-state index in [1.165, 1.54) is 29.1 Å². The van der Waals surface area contributed by atoms with Crippen molar-refractivity contribution in [2.24, 2.45) is 0 Å². The predicted molar refractivity (Wildman–Crippen MR) is 346 cm³/mol. The number of fused-ring (bicyclic) bond motifs is 4. The van der Waals surface area contributed by atoms with Crippen molar-refractivity contribution in [2.45, 2.75) is 126 Å². The Morgan fingerprint density at radius 2 is 1.60 bits per heavy atom. The van der Waals surface area contributed by atoms with Gasteiger partial charge >= 0.3 is 23.5 Å². The number of aliphatic hydroxyl groups excluding tert-OH is 2. The highest BCUT2D eigenvalue weighted by Crippen LogP contribution is 2.68. The second-order valence-electron chi connectivity index (χ2n) is 23.5. The van der Waals surface area contributed by atoms with Crippen molar-refractivity contribution < 1.29 is 101 Å². The number of anilines is 2. The van der Waals surface area contributed by atoms with E-state index in [0.717, 1.165) is 46.4 Å². The second-order valence-corrected chi connectivity index (χ2v) is 31.1. The zero-order valence-corrected chi connectivity index (χ0v) is 56.2. The lowest BCUT2D eigenvalue weighted by Gasteiger charge is -2.43. The fraction of sp³-hybridized carbons (Fsp3) is 0.417. The summed E-state index contributed by atoms with van der Waals surface area (Å²) >= 11 is 0. The molecule has 8 atom stereocenters. The summed E-state index contributed by atoms with van der Waals surface area (Å²) in [5.41, 5.74) is 12.4. The lowest BCUT2D eigenvalue weighted by atomic mass is 9.75. The van der Waals surface area contributed by atoms with Crippen LogP contribution >= 0.6 is 23.5 Å². The van der Waals surface area contributed by atoms with Gasteiger partial charge in [0.1, 0.15) is 48.2 Å². The third-order valence-corrected chi connectivity index (χ3v) is 22.3.